The second kappa shape index (κ2) is 2.77. The minimum atomic E-state index is -0.814. The maximum atomic E-state index is 10.9. The number of aliphatic carboxylic acids is 1. The van der Waals surface area contributed by atoms with Crippen molar-refractivity contribution in [3.63, 3.8) is 0 Å². The van der Waals surface area contributed by atoms with E-state index < -0.39 is 11.4 Å². The summed E-state index contributed by atoms with van der Waals surface area (Å²) in [4.78, 5) is 23.2. The molecule has 1 fully saturated rings. The van der Waals surface area contributed by atoms with Crippen LogP contribution in [0.4, 0.5) is 0 Å². The molecule has 1 aliphatic rings. The van der Waals surface area contributed by atoms with Crippen molar-refractivity contribution in [2.24, 2.45) is 5.41 Å². The summed E-state index contributed by atoms with van der Waals surface area (Å²) in [6.07, 6.45) is 0.557. The van der Waals surface area contributed by atoms with Gasteiger partial charge in [-0.3, -0.25) is 9.59 Å². The highest BCUT2D eigenvalue weighted by molar-refractivity contribution is 5.79. The first-order chi connectivity index (χ1) is 5.46. The zero-order chi connectivity index (χ0) is 9.35. The van der Waals surface area contributed by atoms with Crippen LogP contribution >= 0.6 is 0 Å². The summed E-state index contributed by atoms with van der Waals surface area (Å²) in [6.45, 7) is 4.06. The van der Waals surface area contributed by atoms with E-state index in [0.29, 0.717) is 19.5 Å². The standard InChI is InChI=1S/C8H13NO3/c1-6(10)9-4-3-8(2,5-9)7(11)12/h3-5H2,1-2H3,(H,11,12)/t8-/m0/s1. The van der Waals surface area contributed by atoms with Crippen LogP contribution in [0.5, 0.6) is 0 Å². The van der Waals surface area contributed by atoms with E-state index in [2.05, 4.69) is 0 Å². The lowest BCUT2D eigenvalue weighted by Crippen LogP contribution is -2.33. The fourth-order valence-electron chi connectivity index (χ4n) is 1.40. The van der Waals surface area contributed by atoms with Crippen LogP contribution in [0.1, 0.15) is 20.3 Å². The lowest BCUT2D eigenvalue weighted by molar-refractivity contribution is -0.147. The molecule has 0 aromatic heterocycles. The second-order valence-corrected chi connectivity index (χ2v) is 3.56. The summed E-state index contributed by atoms with van der Waals surface area (Å²) in [7, 11) is 0. The molecule has 68 valence electrons. The van der Waals surface area contributed by atoms with Crippen LogP contribution < -0.4 is 0 Å². The fraction of sp³-hybridized carbons (Fsp3) is 0.750. The molecule has 0 unspecified atom stereocenters. The van der Waals surface area contributed by atoms with Crippen molar-refractivity contribution in [3.8, 4) is 0 Å². The molecule has 0 saturated carbocycles. The Labute approximate surface area is 71.2 Å². The molecule has 12 heavy (non-hydrogen) atoms. The number of hydrogen-bond acceptors (Lipinski definition) is 2. The highest BCUT2D eigenvalue weighted by atomic mass is 16.4. The summed E-state index contributed by atoms with van der Waals surface area (Å²) < 4.78 is 0. The van der Waals surface area contributed by atoms with Crippen LogP contribution in [0.25, 0.3) is 0 Å². The summed E-state index contributed by atoms with van der Waals surface area (Å²) in [5.41, 5.74) is -0.730. The van der Waals surface area contributed by atoms with Crippen molar-refractivity contribution >= 4 is 11.9 Å². The zero-order valence-corrected chi connectivity index (χ0v) is 7.33. The largest absolute Gasteiger partial charge is 0.481 e. The van der Waals surface area contributed by atoms with Crippen molar-refractivity contribution in [1.29, 1.82) is 0 Å². The molecule has 1 amide bonds. The van der Waals surface area contributed by atoms with Gasteiger partial charge in [-0.1, -0.05) is 0 Å². The number of carboxylic acid groups (broad SMARTS) is 1. The average Bonchev–Trinajstić information content (AvgIpc) is 2.33. The van der Waals surface area contributed by atoms with Gasteiger partial charge in [0.05, 0.1) is 5.41 Å². The van der Waals surface area contributed by atoms with E-state index >= 15 is 0 Å². The van der Waals surface area contributed by atoms with Gasteiger partial charge in [-0.05, 0) is 13.3 Å². The van der Waals surface area contributed by atoms with Gasteiger partial charge in [0, 0.05) is 20.0 Å². The molecule has 0 bridgehead atoms. The first-order valence-electron chi connectivity index (χ1n) is 3.95. The molecular formula is C8H13NO3. The van der Waals surface area contributed by atoms with Gasteiger partial charge in [-0.15, -0.1) is 0 Å². The van der Waals surface area contributed by atoms with E-state index in [0.717, 1.165) is 0 Å². The molecule has 1 N–H and O–H groups in total. The highest BCUT2D eigenvalue weighted by Crippen LogP contribution is 2.29. The quantitative estimate of drug-likeness (QED) is 0.618. The van der Waals surface area contributed by atoms with Crippen LogP contribution in [0.3, 0.4) is 0 Å². The number of hydrogen-bond donors (Lipinski definition) is 1. The molecule has 1 atom stereocenters. The third-order valence-electron chi connectivity index (χ3n) is 2.43. The van der Waals surface area contributed by atoms with E-state index in [1.165, 1.54) is 6.92 Å². The molecule has 0 aromatic carbocycles. The molecule has 0 spiro atoms. The van der Waals surface area contributed by atoms with Crippen LogP contribution in [0.15, 0.2) is 0 Å². The molecule has 1 saturated heterocycles. The molecule has 1 aliphatic heterocycles. The van der Waals surface area contributed by atoms with Gasteiger partial charge in [-0.25, -0.2) is 0 Å². The van der Waals surface area contributed by atoms with E-state index in [1.54, 1.807) is 11.8 Å². The van der Waals surface area contributed by atoms with Gasteiger partial charge < -0.3 is 10.0 Å². The Balaban J connectivity index is 2.67. The van der Waals surface area contributed by atoms with Gasteiger partial charge in [-0.2, -0.15) is 0 Å². The van der Waals surface area contributed by atoms with Crippen molar-refractivity contribution in [2.75, 3.05) is 13.1 Å². The van der Waals surface area contributed by atoms with Crippen molar-refractivity contribution in [1.82, 2.24) is 4.90 Å². The van der Waals surface area contributed by atoms with Crippen molar-refractivity contribution in [2.45, 2.75) is 20.3 Å². The van der Waals surface area contributed by atoms with Gasteiger partial charge in [0.2, 0.25) is 5.91 Å². The number of rotatable bonds is 1. The number of amides is 1. The first kappa shape index (κ1) is 9.03. The van der Waals surface area contributed by atoms with Crippen molar-refractivity contribution in [3.05, 3.63) is 0 Å². The van der Waals surface area contributed by atoms with Gasteiger partial charge >= 0.3 is 5.97 Å². The second-order valence-electron chi connectivity index (χ2n) is 3.56. The van der Waals surface area contributed by atoms with Gasteiger partial charge in [0.15, 0.2) is 0 Å². The smallest absolute Gasteiger partial charge is 0.311 e. The van der Waals surface area contributed by atoms with Crippen LogP contribution in [0, 0.1) is 5.41 Å². The molecule has 0 aromatic rings. The van der Waals surface area contributed by atoms with Gasteiger partial charge in [0.25, 0.3) is 0 Å². The van der Waals surface area contributed by atoms with E-state index in [4.69, 9.17) is 5.11 Å². The summed E-state index contributed by atoms with van der Waals surface area (Å²) in [6, 6.07) is 0. The third-order valence-corrected chi connectivity index (χ3v) is 2.43. The van der Waals surface area contributed by atoms with E-state index in [1.807, 2.05) is 0 Å². The van der Waals surface area contributed by atoms with Gasteiger partial charge in [0.1, 0.15) is 0 Å². The predicted molar refractivity (Wildman–Crippen MR) is 42.6 cm³/mol. The van der Waals surface area contributed by atoms with E-state index in [9.17, 15) is 9.59 Å². The SMILES string of the molecule is CC(=O)N1CC[C@](C)(C(=O)O)C1. The lowest BCUT2D eigenvalue weighted by atomic mass is 9.90. The Morgan fingerprint density at radius 2 is 2.08 bits per heavy atom. The topological polar surface area (TPSA) is 57.6 Å². The molecule has 1 rings (SSSR count). The molecule has 4 heteroatoms. The molecule has 0 aliphatic carbocycles. The summed E-state index contributed by atoms with van der Waals surface area (Å²) >= 11 is 0. The molecule has 4 nitrogen and oxygen atoms in total. The minimum Gasteiger partial charge on any atom is -0.481 e. The Morgan fingerprint density at radius 1 is 1.50 bits per heavy atom. The zero-order valence-electron chi connectivity index (χ0n) is 7.33. The maximum absolute atomic E-state index is 10.9. The molecule has 1 heterocycles. The van der Waals surface area contributed by atoms with Crippen LogP contribution in [-0.4, -0.2) is 35.0 Å². The minimum absolute atomic E-state index is 0.0417. The van der Waals surface area contributed by atoms with Crippen molar-refractivity contribution < 1.29 is 14.7 Å². The fourth-order valence-corrected chi connectivity index (χ4v) is 1.40. The Morgan fingerprint density at radius 3 is 2.33 bits per heavy atom. The normalized spacial score (nSPS) is 29.0. The highest BCUT2D eigenvalue weighted by Gasteiger charge is 2.41. The Hall–Kier alpha value is -1.06. The molecule has 0 radical (unpaired) electrons. The van der Waals surface area contributed by atoms with E-state index in [-0.39, 0.29) is 5.91 Å². The van der Waals surface area contributed by atoms with Crippen LogP contribution in [-0.2, 0) is 9.59 Å². The number of carbonyl (C=O) groups excluding carboxylic acids is 1. The average molecular weight is 171 g/mol. The lowest BCUT2D eigenvalue weighted by Gasteiger charge is -2.18. The predicted octanol–water partition coefficient (Wildman–Crippen LogP) is 0.329. The first-order valence-corrected chi connectivity index (χ1v) is 3.95. The Bertz CT molecular complexity index is 226. The monoisotopic (exact) mass is 171 g/mol. The number of likely N-dealkylation sites (tertiary alicyclic amines) is 1. The molecular weight excluding hydrogens is 158 g/mol. The number of carbonyl (C=O) groups is 2. The maximum Gasteiger partial charge on any atom is 0.311 e. The number of carboxylic acids is 1. The summed E-state index contributed by atoms with van der Waals surface area (Å²) in [5, 5.41) is 8.83. The third kappa shape index (κ3) is 1.42. The summed E-state index contributed by atoms with van der Waals surface area (Å²) in [5.74, 6) is -0.855. The van der Waals surface area contributed by atoms with Crippen LogP contribution in [0.2, 0.25) is 0 Å². The number of nitrogens with zero attached hydrogens (tertiary/aromatic N) is 1. The Kier molecular flexibility index (Phi) is 2.08.